The molecule has 7 rings (SSSR count). The first-order chi connectivity index (χ1) is 23.5. The number of rotatable bonds is 9. The van der Waals surface area contributed by atoms with Crippen molar-refractivity contribution in [1.82, 2.24) is 4.90 Å². The lowest BCUT2D eigenvalue weighted by molar-refractivity contribution is -0.123. The van der Waals surface area contributed by atoms with Gasteiger partial charge in [0.15, 0.2) is 0 Å². The van der Waals surface area contributed by atoms with Gasteiger partial charge in [-0.25, -0.2) is 0 Å². The van der Waals surface area contributed by atoms with Gasteiger partial charge in [0.25, 0.3) is 5.91 Å². The summed E-state index contributed by atoms with van der Waals surface area (Å²) >= 11 is 0. The van der Waals surface area contributed by atoms with E-state index in [1.54, 1.807) is 0 Å². The number of carbonyl (C=O) groups excluding carboxylic acids is 1. The Kier molecular flexibility index (Phi) is 8.86. The highest BCUT2D eigenvalue weighted by molar-refractivity contribution is 6.12. The summed E-state index contributed by atoms with van der Waals surface area (Å²) in [6.07, 6.45) is 18.1. The molecule has 4 aromatic rings. The lowest BCUT2D eigenvalue weighted by Crippen LogP contribution is -2.27. The molecular formula is C45H44N2O. The third-order valence-corrected chi connectivity index (χ3v) is 10.1. The maximum absolute atomic E-state index is 14.2. The fraction of sp³-hybridized carbons (Fsp3) is 0.222. The van der Waals surface area contributed by atoms with Crippen molar-refractivity contribution in [2.45, 2.75) is 52.9 Å². The van der Waals surface area contributed by atoms with Gasteiger partial charge in [0.1, 0.15) is 0 Å². The number of anilines is 3. The summed E-state index contributed by atoms with van der Waals surface area (Å²) in [6.45, 7) is 11.3. The van der Waals surface area contributed by atoms with Crippen LogP contribution in [0.4, 0.5) is 17.1 Å². The molecule has 48 heavy (non-hydrogen) atoms. The predicted molar refractivity (Wildman–Crippen MR) is 203 cm³/mol. The zero-order valence-corrected chi connectivity index (χ0v) is 28.4. The minimum absolute atomic E-state index is 0.0921. The second-order valence-corrected chi connectivity index (χ2v) is 13.2. The van der Waals surface area contributed by atoms with E-state index in [0.29, 0.717) is 6.54 Å². The fourth-order valence-corrected chi connectivity index (χ4v) is 7.35. The second kappa shape index (κ2) is 13.5. The molecule has 1 heterocycles. The third-order valence-electron chi connectivity index (χ3n) is 10.1. The Labute approximate surface area is 285 Å². The molecule has 0 spiro atoms. The Hall–Kier alpha value is -5.15. The topological polar surface area (TPSA) is 23.6 Å². The van der Waals surface area contributed by atoms with Crippen molar-refractivity contribution >= 4 is 45.5 Å². The summed E-state index contributed by atoms with van der Waals surface area (Å²) in [5.74, 6) is 0.300. The van der Waals surface area contributed by atoms with Gasteiger partial charge >= 0.3 is 0 Å². The largest absolute Gasteiger partial charge is 0.310 e. The van der Waals surface area contributed by atoms with Gasteiger partial charge in [0.2, 0.25) is 0 Å². The number of benzene rings is 4. The molecule has 4 aromatic carbocycles. The summed E-state index contributed by atoms with van der Waals surface area (Å²) in [6, 6.07) is 30.8. The van der Waals surface area contributed by atoms with Crippen LogP contribution in [0.3, 0.4) is 0 Å². The smallest absolute Gasteiger partial charge is 0.258 e. The highest BCUT2D eigenvalue weighted by Gasteiger charge is 2.36. The van der Waals surface area contributed by atoms with E-state index < -0.39 is 0 Å². The lowest BCUT2D eigenvalue weighted by atomic mass is 9.86. The summed E-state index contributed by atoms with van der Waals surface area (Å²) in [5, 5.41) is 2.43. The molecule has 3 heteroatoms. The quantitative estimate of drug-likeness (QED) is 0.172. The van der Waals surface area contributed by atoms with Gasteiger partial charge in [0.05, 0.1) is 5.70 Å². The number of unbranched alkanes of at least 4 members (excludes halogenated alkanes) is 1. The van der Waals surface area contributed by atoms with Crippen molar-refractivity contribution in [3.8, 4) is 0 Å². The Morgan fingerprint density at radius 2 is 1.69 bits per heavy atom. The summed E-state index contributed by atoms with van der Waals surface area (Å²) in [7, 11) is 0. The Morgan fingerprint density at radius 3 is 2.44 bits per heavy atom. The Bertz CT molecular complexity index is 2050. The van der Waals surface area contributed by atoms with E-state index in [-0.39, 0.29) is 11.8 Å². The van der Waals surface area contributed by atoms with E-state index in [0.717, 1.165) is 77.1 Å². The van der Waals surface area contributed by atoms with Crippen LogP contribution in [-0.2, 0) is 11.2 Å². The molecule has 0 bridgehead atoms. The van der Waals surface area contributed by atoms with Crippen LogP contribution in [0, 0.1) is 5.92 Å². The minimum Gasteiger partial charge on any atom is -0.310 e. The van der Waals surface area contributed by atoms with E-state index in [2.05, 4.69) is 148 Å². The lowest BCUT2D eigenvalue weighted by Gasteiger charge is -2.28. The highest BCUT2D eigenvalue weighted by atomic mass is 16.2. The number of hydrogen-bond acceptors (Lipinski definition) is 2. The molecule has 1 atom stereocenters. The van der Waals surface area contributed by atoms with Gasteiger partial charge in [-0.2, -0.15) is 0 Å². The van der Waals surface area contributed by atoms with Crippen LogP contribution in [0.2, 0.25) is 0 Å². The third kappa shape index (κ3) is 5.90. The van der Waals surface area contributed by atoms with E-state index in [1.807, 2.05) is 11.0 Å². The molecule has 1 amide bonds. The maximum Gasteiger partial charge on any atom is 0.258 e. The van der Waals surface area contributed by atoms with E-state index in [9.17, 15) is 4.79 Å². The van der Waals surface area contributed by atoms with Crippen molar-refractivity contribution in [3.05, 3.63) is 161 Å². The van der Waals surface area contributed by atoms with Crippen molar-refractivity contribution in [2.75, 3.05) is 11.4 Å². The number of aryl methyl sites for hydroxylation is 1. The van der Waals surface area contributed by atoms with Gasteiger partial charge in [0, 0.05) is 40.7 Å². The molecule has 0 fully saturated rings. The molecule has 240 valence electrons. The van der Waals surface area contributed by atoms with Crippen LogP contribution in [0.5, 0.6) is 0 Å². The normalized spacial score (nSPS) is 18.3. The standard InChI is InChI=1S/C45H44N2O/c1-5-7-28-46-44(42(6-2)43(45(46)48)32(4)33-18-16-31(3)17-19-33)36-22-24-39(25-23-36)47(40-26-20-34-12-8-10-14-37(34)29-40)41-27-21-35-13-9-11-15-38(35)30-41/h6,8,10-12,14-18,20-27,29-30,33H,2,5,7,9,13,19,28H2,1,3-4H3/b43-32-. The minimum atomic E-state index is 0.0921. The summed E-state index contributed by atoms with van der Waals surface area (Å²) < 4.78 is 0. The molecule has 2 aliphatic carbocycles. The molecule has 3 nitrogen and oxygen atoms in total. The van der Waals surface area contributed by atoms with E-state index >= 15 is 0 Å². The zero-order chi connectivity index (χ0) is 33.2. The number of nitrogens with zero attached hydrogens (tertiary/aromatic N) is 2. The summed E-state index contributed by atoms with van der Waals surface area (Å²) in [5.41, 5.74) is 12.1. The SMILES string of the molecule is C=CC1=C(c2ccc(N(c3ccc4c(c3)C=CCC4)c3ccc4ccccc4c3)cc2)N(CCCC)C(=O)/C1=C(/C)C1C=CC(C)=CC1. The zero-order valence-electron chi connectivity index (χ0n) is 28.4. The molecule has 0 N–H and O–H groups in total. The van der Waals surface area contributed by atoms with E-state index in [4.69, 9.17) is 0 Å². The molecule has 0 saturated carbocycles. The first-order valence-corrected chi connectivity index (χ1v) is 17.4. The number of carbonyl (C=O) groups is 1. The van der Waals surface area contributed by atoms with E-state index in [1.165, 1.54) is 27.5 Å². The van der Waals surface area contributed by atoms with Crippen LogP contribution in [-0.4, -0.2) is 17.4 Å². The number of allylic oxidation sites excluding steroid dienone is 7. The average molecular weight is 629 g/mol. The van der Waals surface area contributed by atoms with Gasteiger partial charge < -0.3 is 9.80 Å². The molecule has 3 aliphatic rings. The molecule has 0 aromatic heterocycles. The Morgan fingerprint density at radius 1 is 0.938 bits per heavy atom. The number of fused-ring (bicyclic) bond motifs is 2. The number of amides is 1. The first kappa shape index (κ1) is 31.4. The van der Waals surface area contributed by atoms with Crippen molar-refractivity contribution in [3.63, 3.8) is 0 Å². The molecule has 1 aliphatic heterocycles. The average Bonchev–Trinajstić information content (AvgIpc) is 3.41. The first-order valence-electron chi connectivity index (χ1n) is 17.4. The molecule has 1 unspecified atom stereocenters. The van der Waals surface area contributed by atoms with Crippen LogP contribution in [0.25, 0.3) is 22.5 Å². The van der Waals surface area contributed by atoms with Crippen LogP contribution in [0.15, 0.2) is 144 Å². The molecule has 0 radical (unpaired) electrons. The predicted octanol–water partition coefficient (Wildman–Crippen LogP) is 11.6. The van der Waals surface area contributed by atoms with Crippen molar-refractivity contribution in [1.29, 1.82) is 0 Å². The van der Waals surface area contributed by atoms with Gasteiger partial charge in [-0.15, -0.1) is 0 Å². The van der Waals surface area contributed by atoms with Crippen molar-refractivity contribution < 1.29 is 4.79 Å². The fourth-order valence-electron chi connectivity index (χ4n) is 7.35. The monoisotopic (exact) mass is 628 g/mol. The Balaban J connectivity index is 1.33. The summed E-state index contributed by atoms with van der Waals surface area (Å²) in [4.78, 5) is 18.6. The van der Waals surface area contributed by atoms with Crippen LogP contribution < -0.4 is 4.90 Å². The maximum atomic E-state index is 14.2. The van der Waals surface area contributed by atoms with Crippen LogP contribution in [0.1, 0.15) is 63.1 Å². The number of hydrogen-bond donors (Lipinski definition) is 0. The van der Waals surface area contributed by atoms with Gasteiger partial charge in [-0.1, -0.05) is 116 Å². The van der Waals surface area contributed by atoms with Crippen molar-refractivity contribution in [2.24, 2.45) is 5.92 Å². The van der Waals surface area contributed by atoms with Gasteiger partial charge in [-0.3, -0.25) is 4.79 Å². The second-order valence-electron chi connectivity index (χ2n) is 13.2. The molecule has 0 saturated heterocycles. The highest BCUT2D eigenvalue weighted by Crippen LogP contribution is 2.43. The van der Waals surface area contributed by atoms with Gasteiger partial charge in [-0.05, 0) is 103 Å². The molecular weight excluding hydrogens is 585 g/mol. The van der Waals surface area contributed by atoms with Crippen LogP contribution >= 0.6 is 0 Å².